The van der Waals surface area contributed by atoms with Gasteiger partial charge >= 0.3 is 0 Å². The summed E-state index contributed by atoms with van der Waals surface area (Å²) in [5.41, 5.74) is 8.93. The molecule has 2 rings (SSSR count). The average Bonchev–Trinajstić information content (AvgIpc) is 2.74. The van der Waals surface area contributed by atoms with Crippen molar-refractivity contribution in [2.75, 3.05) is 5.73 Å². The van der Waals surface area contributed by atoms with Crippen LogP contribution in [0.15, 0.2) is 18.2 Å². The molecule has 110 valence electrons. The smallest absolute Gasteiger partial charge is 0.115 e. The minimum atomic E-state index is 0.0360. The molecule has 0 aliphatic carbocycles. The third-order valence-corrected chi connectivity index (χ3v) is 3.80. The van der Waals surface area contributed by atoms with E-state index in [1.54, 1.807) is 0 Å². The molecule has 0 aliphatic heterocycles. The zero-order valence-electron chi connectivity index (χ0n) is 13.4. The Morgan fingerprint density at radius 1 is 1.30 bits per heavy atom. The Morgan fingerprint density at radius 3 is 2.60 bits per heavy atom. The van der Waals surface area contributed by atoms with Crippen LogP contribution in [0.2, 0.25) is 0 Å². The van der Waals surface area contributed by atoms with Gasteiger partial charge in [-0.05, 0) is 31.5 Å². The molecule has 1 heterocycles. The van der Waals surface area contributed by atoms with E-state index in [4.69, 9.17) is 10.7 Å². The first-order chi connectivity index (χ1) is 9.34. The van der Waals surface area contributed by atoms with Gasteiger partial charge in [-0.2, -0.15) is 0 Å². The first-order valence-corrected chi connectivity index (χ1v) is 7.62. The SMILES string of the molecule is CCCCC(C)n1c(C(C)(C)C)nc2cc(N)ccc21. The van der Waals surface area contributed by atoms with E-state index in [9.17, 15) is 0 Å². The molecular weight excluding hydrogens is 246 g/mol. The first-order valence-electron chi connectivity index (χ1n) is 7.62. The van der Waals surface area contributed by atoms with Gasteiger partial charge in [0, 0.05) is 17.1 Å². The van der Waals surface area contributed by atoms with Crippen molar-refractivity contribution in [3.63, 3.8) is 0 Å². The molecule has 0 bridgehead atoms. The summed E-state index contributed by atoms with van der Waals surface area (Å²) in [5.74, 6) is 1.15. The van der Waals surface area contributed by atoms with Crippen LogP contribution in [0, 0.1) is 0 Å². The van der Waals surface area contributed by atoms with Crippen LogP contribution >= 0.6 is 0 Å². The molecule has 20 heavy (non-hydrogen) atoms. The Hall–Kier alpha value is -1.51. The van der Waals surface area contributed by atoms with Crippen molar-refractivity contribution in [3.8, 4) is 0 Å². The molecular formula is C17H27N3. The number of nitrogens with zero attached hydrogens (tertiary/aromatic N) is 2. The van der Waals surface area contributed by atoms with Crippen LogP contribution in [0.1, 0.15) is 65.7 Å². The second-order valence-corrected chi connectivity index (χ2v) is 6.79. The lowest BCUT2D eigenvalue weighted by Gasteiger charge is -2.24. The monoisotopic (exact) mass is 273 g/mol. The Labute approximate surface area is 122 Å². The number of rotatable bonds is 4. The molecule has 1 aromatic carbocycles. The predicted octanol–water partition coefficient (Wildman–Crippen LogP) is 4.67. The normalized spacial score (nSPS) is 13.8. The molecule has 0 saturated carbocycles. The van der Waals surface area contributed by atoms with E-state index in [0.29, 0.717) is 6.04 Å². The Balaban J connectivity index is 2.58. The lowest BCUT2D eigenvalue weighted by Crippen LogP contribution is -2.21. The second kappa shape index (κ2) is 5.47. The van der Waals surface area contributed by atoms with Gasteiger partial charge in [0.2, 0.25) is 0 Å². The maximum absolute atomic E-state index is 5.90. The molecule has 0 fully saturated rings. The summed E-state index contributed by atoms with van der Waals surface area (Å²) in [4.78, 5) is 4.86. The summed E-state index contributed by atoms with van der Waals surface area (Å²) in [6.45, 7) is 11.2. The summed E-state index contributed by atoms with van der Waals surface area (Å²) in [6, 6.07) is 6.53. The fraction of sp³-hybridized carbons (Fsp3) is 0.588. The average molecular weight is 273 g/mol. The number of hydrogen-bond acceptors (Lipinski definition) is 2. The van der Waals surface area contributed by atoms with Crippen molar-refractivity contribution in [1.82, 2.24) is 9.55 Å². The van der Waals surface area contributed by atoms with Crippen molar-refractivity contribution >= 4 is 16.7 Å². The van der Waals surface area contributed by atoms with E-state index in [1.807, 2.05) is 12.1 Å². The summed E-state index contributed by atoms with van der Waals surface area (Å²) in [7, 11) is 0. The highest BCUT2D eigenvalue weighted by Gasteiger charge is 2.25. The maximum Gasteiger partial charge on any atom is 0.115 e. The maximum atomic E-state index is 5.90. The van der Waals surface area contributed by atoms with Crippen molar-refractivity contribution in [2.24, 2.45) is 0 Å². The third-order valence-electron chi connectivity index (χ3n) is 3.80. The minimum Gasteiger partial charge on any atom is -0.399 e. The largest absolute Gasteiger partial charge is 0.399 e. The summed E-state index contributed by atoms with van der Waals surface area (Å²) < 4.78 is 2.41. The van der Waals surface area contributed by atoms with Crippen LogP contribution in [-0.4, -0.2) is 9.55 Å². The predicted molar refractivity (Wildman–Crippen MR) is 87.1 cm³/mol. The highest BCUT2D eigenvalue weighted by molar-refractivity contribution is 5.80. The molecule has 0 radical (unpaired) electrons. The van der Waals surface area contributed by atoms with Gasteiger partial charge in [-0.1, -0.05) is 40.5 Å². The van der Waals surface area contributed by atoms with E-state index in [1.165, 1.54) is 24.8 Å². The Kier molecular flexibility index (Phi) is 4.07. The highest BCUT2D eigenvalue weighted by atomic mass is 15.1. The standard InChI is InChI=1S/C17H27N3/c1-6-7-8-12(2)20-15-10-9-13(18)11-14(15)19-16(20)17(3,4)5/h9-12H,6-8,18H2,1-5H3. The van der Waals surface area contributed by atoms with Gasteiger partial charge in [0.15, 0.2) is 0 Å². The molecule has 0 saturated heterocycles. The van der Waals surface area contributed by atoms with Gasteiger partial charge in [0.05, 0.1) is 11.0 Å². The van der Waals surface area contributed by atoms with Crippen molar-refractivity contribution in [3.05, 3.63) is 24.0 Å². The van der Waals surface area contributed by atoms with Crippen LogP contribution in [0.4, 0.5) is 5.69 Å². The van der Waals surface area contributed by atoms with E-state index in [0.717, 1.165) is 17.0 Å². The molecule has 0 spiro atoms. The fourth-order valence-electron chi connectivity index (χ4n) is 2.72. The molecule has 0 amide bonds. The van der Waals surface area contributed by atoms with Gasteiger partial charge in [-0.25, -0.2) is 4.98 Å². The van der Waals surface area contributed by atoms with Gasteiger partial charge < -0.3 is 10.3 Å². The number of fused-ring (bicyclic) bond motifs is 1. The summed E-state index contributed by atoms with van der Waals surface area (Å²) in [6.07, 6.45) is 3.67. The molecule has 0 aliphatic rings. The quantitative estimate of drug-likeness (QED) is 0.823. The number of hydrogen-bond donors (Lipinski definition) is 1. The van der Waals surface area contributed by atoms with Crippen LogP contribution in [-0.2, 0) is 5.41 Å². The van der Waals surface area contributed by atoms with Crippen LogP contribution < -0.4 is 5.73 Å². The van der Waals surface area contributed by atoms with Crippen LogP contribution in [0.25, 0.3) is 11.0 Å². The third kappa shape index (κ3) is 2.82. The van der Waals surface area contributed by atoms with E-state index in [-0.39, 0.29) is 5.41 Å². The Morgan fingerprint density at radius 2 is 2.00 bits per heavy atom. The lowest BCUT2D eigenvalue weighted by molar-refractivity contribution is 0.432. The fourth-order valence-corrected chi connectivity index (χ4v) is 2.72. The minimum absolute atomic E-state index is 0.0360. The summed E-state index contributed by atoms with van der Waals surface area (Å²) in [5, 5.41) is 0. The van der Waals surface area contributed by atoms with E-state index < -0.39 is 0 Å². The number of benzene rings is 1. The molecule has 1 aromatic heterocycles. The zero-order valence-corrected chi connectivity index (χ0v) is 13.4. The molecule has 1 atom stereocenters. The molecule has 3 nitrogen and oxygen atoms in total. The number of nitrogens with two attached hydrogens (primary N) is 1. The first kappa shape index (κ1) is 14.9. The Bertz CT molecular complexity index is 590. The molecule has 2 aromatic rings. The van der Waals surface area contributed by atoms with Crippen molar-refractivity contribution < 1.29 is 0 Å². The lowest BCUT2D eigenvalue weighted by atomic mass is 9.95. The van der Waals surface area contributed by atoms with Gasteiger partial charge in [-0.3, -0.25) is 0 Å². The second-order valence-electron chi connectivity index (χ2n) is 6.79. The number of imidazole rings is 1. The topological polar surface area (TPSA) is 43.8 Å². The number of anilines is 1. The summed E-state index contributed by atoms with van der Waals surface area (Å²) >= 11 is 0. The van der Waals surface area contributed by atoms with Crippen molar-refractivity contribution in [1.29, 1.82) is 0 Å². The van der Waals surface area contributed by atoms with Gasteiger partial charge in [0.1, 0.15) is 5.82 Å². The van der Waals surface area contributed by atoms with Gasteiger partial charge in [-0.15, -0.1) is 0 Å². The van der Waals surface area contributed by atoms with Crippen molar-refractivity contribution in [2.45, 2.75) is 65.3 Å². The zero-order chi connectivity index (χ0) is 14.9. The van der Waals surface area contributed by atoms with Gasteiger partial charge in [0.25, 0.3) is 0 Å². The molecule has 2 N–H and O–H groups in total. The number of aromatic nitrogens is 2. The number of nitrogen functional groups attached to an aromatic ring is 1. The van der Waals surface area contributed by atoms with E-state index in [2.05, 4.69) is 45.3 Å². The van der Waals surface area contributed by atoms with E-state index >= 15 is 0 Å². The van der Waals surface area contributed by atoms with Crippen LogP contribution in [0.3, 0.4) is 0 Å². The number of unbranched alkanes of at least 4 members (excludes halogenated alkanes) is 1. The molecule has 3 heteroatoms. The highest BCUT2D eigenvalue weighted by Crippen LogP contribution is 2.31. The molecule has 1 unspecified atom stereocenters. The van der Waals surface area contributed by atoms with Crippen LogP contribution in [0.5, 0.6) is 0 Å².